The van der Waals surface area contributed by atoms with Gasteiger partial charge in [-0.15, -0.1) is 0 Å². The fourth-order valence-electron chi connectivity index (χ4n) is 4.03. The van der Waals surface area contributed by atoms with Crippen LogP contribution in [-0.4, -0.2) is 47.1 Å². The van der Waals surface area contributed by atoms with Gasteiger partial charge in [-0.05, 0) is 42.5 Å². The summed E-state index contributed by atoms with van der Waals surface area (Å²) in [6.45, 7) is 4.27. The predicted molar refractivity (Wildman–Crippen MR) is 132 cm³/mol. The number of hydrogen-bond acceptors (Lipinski definition) is 6. The van der Waals surface area contributed by atoms with Crippen LogP contribution in [0.1, 0.15) is 27.3 Å². The highest BCUT2D eigenvalue weighted by molar-refractivity contribution is 6.05. The van der Waals surface area contributed by atoms with E-state index in [0.29, 0.717) is 22.6 Å². The highest BCUT2D eigenvalue weighted by Crippen LogP contribution is 2.21. The van der Waals surface area contributed by atoms with Crippen LogP contribution in [0.4, 0.5) is 5.69 Å². The number of nitriles is 1. The van der Waals surface area contributed by atoms with Gasteiger partial charge in [0.2, 0.25) is 0 Å². The molecule has 0 atom stereocenters. The number of aromatic amines is 1. The van der Waals surface area contributed by atoms with Crippen molar-refractivity contribution in [3.8, 4) is 11.8 Å². The number of ether oxygens (including phenoxy) is 2. The Hall–Kier alpha value is -4.19. The zero-order valence-electron chi connectivity index (χ0n) is 19.2. The summed E-state index contributed by atoms with van der Waals surface area (Å²) in [5.74, 6) is 1.22. The van der Waals surface area contributed by atoms with Crippen molar-refractivity contribution >= 4 is 22.6 Å². The van der Waals surface area contributed by atoms with Crippen LogP contribution >= 0.6 is 0 Å². The van der Waals surface area contributed by atoms with Gasteiger partial charge >= 0.3 is 0 Å². The SMILES string of the molecule is N#Cc1ccccc1COc1cccc(C(=O)Nc2ccc3nc(CN4CCOCC4)[nH]c3c2)c1. The zero-order chi connectivity index (χ0) is 24.0. The number of aromatic nitrogens is 2. The summed E-state index contributed by atoms with van der Waals surface area (Å²) in [6.07, 6.45) is 0. The molecule has 1 aliphatic rings. The number of carbonyl (C=O) groups is 1. The first-order valence-electron chi connectivity index (χ1n) is 11.5. The Morgan fingerprint density at radius 1 is 1.11 bits per heavy atom. The van der Waals surface area contributed by atoms with Gasteiger partial charge in [-0.3, -0.25) is 9.69 Å². The Morgan fingerprint density at radius 3 is 2.83 bits per heavy atom. The Kier molecular flexibility index (Phi) is 6.70. The second-order valence-corrected chi connectivity index (χ2v) is 8.34. The van der Waals surface area contributed by atoms with Crippen LogP contribution in [0.25, 0.3) is 11.0 Å². The van der Waals surface area contributed by atoms with Crippen molar-refractivity contribution in [3.05, 3.63) is 89.2 Å². The molecule has 0 unspecified atom stereocenters. The van der Waals surface area contributed by atoms with Crippen molar-refractivity contribution in [2.24, 2.45) is 0 Å². The molecule has 2 heterocycles. The monoisotopic (exact) mass is 467 g/mol. The number of fused-ring (bicyclic) bond motifs is 1. The number of amides is 1. The van der Waals surface area contributed by atoms with E-state index in [4.69, 9.17) is 9.47 Å². The van der Waals surface area contributed by atoms with E-state index in [9.17, 15) is 10.1 Å². The van der Waals surface area contributed by atoms with Crippen molar-refractivity contribution in [3.63, 3.8) is 0 Å². The van der Waals surface area contributed by atoms with E-state index in [2.05, 4.69) is 26.3 Å². The molecule has 0 bridgehead atoms. The van der Waals surface area contributed by atoms with E-state index < -0.39 is 0 Å². The van der Waals surface area contributed by atoms with Crippen LogP contribution in [0.5, 0.6) is 5.75 Å². The lowest BCUT2D eigenvalue weighted by Gasteiger charge is -2.25. The van der Waals surface area contributed by atoms with E-state index in [1.54, 1.807) is 30.3 Å². The van der Waals surface area contributed by atoms with Crippen LogP contribution in [0.3, 0.4) is 0 Å². The van der Waals surface area contributed by atoms with Crippen molar-refractivity contribution in [1.29, 1.82) is 5.26 Å². The number of benzene rings is 3. The van der Waals surface area contributed by atoms with Crippen LogP contribution in [0.15, 0.2) is 66.7 Å². The van der Waals surface area contributed by atoms with E-state index in [0.717, 1.165) is 55.3 Å². The number of imidazole rings is 1. The van der Waals surface area contributed by atoms with Gasteiger partial charge in [-0.1, -0.05) is 24.3 Å². The van der Waals surface area contributed by atoms with Gasteiger partial charge in [0.25, 0.3) is 5.91 Å². The molecule has 176 valence electrons. The minimum atomic E-state index is -0.236. The maximum atomic E-state index is 12.9. The first-order chi connectivity index (χ1) is 17.2. The van der Waals surface area contributed by atoms with Crippen molar-refractivity contribution in [1.82, 2.24) is 14.9 Å². The molecule has 3 aromatic carbocycles. The molecule has 1 aliphatic heterocycles. The van der Waals surface area contributed by atoms with Gasteiger partial charge in [0.05, 0.1) is 42.4 Å². The molecule has 1 fully saturated rings. The molecular formula is C27H25N5O3. The normalized spacial score (nSPS) is 13.9. The Labute approximate surface area is 203 Å². The largest absolute Gasteiger partial charge is 0.489 e. The molecule has 2 N–H and O–H groups in total. The third-order valence-corrected chi connectivity index (χ3v) is 5.89. The number of nitrogens with zero attached hydrogens (tertiary/aromatic N) is 3. The molecule has 8 nitrogen and oxygen atoms in total. The molecule has 0 radical (unpaired) electrons. The molecule has 35 heavy (non-hydrogen) atoms. The molecule has 4 aromatic rings. The number of nitrogens with one attached hydrogen (secondary N) is 2. The van der Waals surface area contributed by atoms with E-state index >= 15 is 0 Å². The molecule has 0 saturated carbocycles. The molecule has 1 aromatic heterocycles. The number of anilines is 1. The summed E-state index contributed by atoms with van der Waals surface area (Å²) >= 11 is 0. The lowest BCUT2D eigenvalue weighted by atomic mass is 10.1. The van der Waals surface area contributed by atoms with Crippen molar-refractivity contribution < 1.29 is 14.3 Å². The summed E-state index contributed by atoms with van der Waals surface area (Å²) in [6, 6.07) is 22.1. The number of morpholine rings is 1. The van der Waals surface area contributed by atoms with E-state index in [1.807, 2.05) is 36.4 Å². The number of carbonyl (C=O) groups excluding carboxylic acids is 1. The second-order valence-electron chi connectivity index (χ2n) is 8.34. The van der Waals surface area contributed by atoms with Gasteiger partial charge in [-0.2, -0.15) is 5.26 Å². The maximum absolute atomic E-state index is 12.9. The average Bonchev–Trinajstić information content (AvgIpc) is 3.30. The lowest BCUT2D eigenvalue weighted by Crippen LogP contribution is -2.35. The molecule has 1 saturated heterocycles. The zero-order valence-corrected chi connectivity index (χ0v) is 19.2. The maximum Gasteiger partial charge on any atom is 0.255 e. The van der Waals surface area contributed by atoms with Crippen LogP contribution in [-0.2, 0) is 17.9 Å². The Morgan fingerprint density at radius 2 is 1.97 bits per heavy atom. The number of rotatable bonds is 7. The summed E-state index contributed by atoms with van der Waals surface area (Å²) in [5, 5.41) is 12.2. The first-order valence-corrected chi connectivity index (χ1v) is 11.5. The van der Waals surface area contributed by atoms with Crippen molar-refractivity contribution in [2.75, 3.05) is 31.6 Å². The fourth-order valence-corrected chi connectivity index (χ4v) is 4.03. The summed E-state index contributed by atoms with van der Waals surface area (Å²) in [7, 11) is 0. The van der Waals surface area contributed by atoms with Gasteiger partial charge < -0.3 is 19.8 Å². The smallest absolute Gasteiger partial charge is 0.255 e. The molecule has 0 aliphatic carbocycles. The lowest BCUT2D eigenvalue weighted by molar-refractivity contribution is 0.0332. The second kappa shape index (κ2) is 10.4. The number of hydrogen-bond donors (Lipinski definition) is 2. The molecule has 5 rings (SSSR count). The third kappa shape index (κ3) is 5.49. The fraction of sp³-hybridized carbons (Fsp3) is 0.222. The highest BCUT2D eigenvalue weighted by atomic mass is 16.5. The topological polar surface area (TPSA) is 103 Å². The minimum Gasteiger partial charge on any atom is -0.489 e. The summed E-state index contributed by atoms with van der Waals surface area (Å²) in [5.41, 5.74) is 4.26. The molecular weight excluding hydrogens is 442 g/mol. The summed E-state index contributed by atoms with van der Waals surface area (Å²) < 4.78 is 11.2. The van der Waals surface area contributed by atoms with E-state index in [-0.39, 0.29) is 12.5 Å². The van der Waals surface area contributed by atoms with Gasteiger partial charge in [-0.25, -0.2) is 4.98 Å². The van der Waals surface area contributed by atoms with Crippen LogP contribution in [0.2, 0.25) is 0 Å². The quantitative estimate of drug-likeness (QED) is 0.424. The predicted octanol–water partition coefficient (Wildman–Crippen LogP) is 4.10. The Bertz CT molecular complexity index is 1390. The van der Waals surface area contributed by atoms with Crippen LogP contribution < -0.4 is 10.1 Å². The van der Waals surface area contributed by atoms with E-state index in [1.165, 1.54) is 0 Å². The van der Waals surface area contributed by atoms with Gasteiger partial charge in [0, 0.05) is 29.9 Å². The molecule has 0 spiro atoms. The highest BCUT2D eigenvalue weighted by Gasteiger charge is 2.14. The van der Waals surface area contributed by atoms with Crippen molar-refractivity contribution in [2.45, 2.75) is 13.2 Å². The van der Waals surface area contributed by atoms with Gasteiger partial charge in [0.1, 0.15) is 18.2 Å². The average molecular weight is 468 g/mol. The minimum absolute atomic E-state index is 0.236. The molecule has 8 heteroatoms. The molecule has 1 amide bonds. The van der Waals surface area contributed by atoms with Gasteiger partial charge in [0.15, 0.2) is 0 Å². The third-order valence-electron chi connectivity index (χ3n) is 5.89. The standard InChI is InChI=1S/C27H25N5O3/c28-16-20-4-1-2-5-21(20)18-35-23-7-3-6-19(14-23)27(33)29-22-8-9-24-25(15-22)31-26(30-24)17-32-10-12-34-13-11-32/h1-9,14-15H,10-13,17-18H2,(H,29,33)(H,30,31). The van der Waals surface area contributed by atoms with Crippen LogP contribution in [0, 0.1) is 11.3 Å². The summed E-state index contributed by atoms with van der Waals surface area (Å²) in [4.78, 5) is 23.2. The first kappa shape index (κ1) is 22.6. The number of H-pyrrole nitrogens is 1. The Balaban J connectivity index is 1.24.